The van der Waals surface area contributed by atoms with Gasteiger partial charge in [0.15, 0.2) is 0 Å². The van der Waals surface area contributed by atoms with Crippen LogP contribution in [0, 0.1) is 5.82 Å². The molecule has 0 heterocycles. The lowest BCUT2D eigenvalue weighted by Gasteiger charge is -2.07. The molecule has 0 aliphatic heterocycles. The largest absolute Gasteiger partial charge is 0.399 e. The number of halogens is 3. The van der Waals surface area contributed by atoms with Gasteiger partial charge in [-0.3, -0.25) is 4.21 Å². The Morgan fingerprint density at radius 1 is 1.16 bits per heavy atom. The zero-order valence-electron chi connectivity index (χ0n) is 9.70. The second-order valence-electron chi connectivity index (χ2n) is 3.92. The minimum atomic E-state index is -1.46. The van der Waals surface area contributed by atoms with Crippen LogP contribution in [0.15, 0.2) is 41.3 Å². The maximum atomic E-state index is 13.6. The number of benzene rings is 2. The molecule has 2 aromatic rings. The van der Waals surface area contributed by atoms with Crippen LogP contribution in [-0.2, 0) is 16.6 Å². The number of hydrogen-bond acceptors (Lipinski definition) is 2. The van der Waals surface area contributed by atoms with Crippen molar-refractivity contribution in [2.24, 2.45) is 0 Å². The Morgan fingerprint density at radius 3 is 2.58 bits per heavy atom. The van der Waals surface area contributed by atoms with E-state index in [9.17, 15) is 8.60 Å². The molecule has 2 rings (SSSR count). The third kappa shape index (κ3) is 3.47. The Kier molecular flexibility index (Phi) is 4.45. The third-order valence-corrected chi connectivity index (χ3v) is 4.58. The molecule has 0 aromatic heterocycles. The highest BCUT2D eigenvalue weighted by Crippen LogP contribution is 2.25. The summed E-state index contributed by atoms with van der Waals surface area (Å²) in [7, 11) is -1.46. The molecule has 0 saturated carbocycles. The fourth-order valence-corrected chi connectivity index (χ4v) is 3.37. The van der Waals surface area contributed by atoms with Crippen LogP contribution in [0.4, 0.5) is 10.1 Å². The van der Waals surface area contributed by atoms with E-state index in [4.69, 9.17) is 28.9 Å². The van der Waals surface area contributed by atoms with Crippen LogP contribution >= 0.6 is 23.2 Å². The molecule has 1 unspecified atom stereocenters. The lowest BCUT2D eigenvalue weighted by Crippen LogP contribution is -2.00. The molecule has 0 saturated heterocycles. The van der Waals surface area contributed by atoms with E-state index in [1.807, 2.05) is 0 Å². The lowest BCUT2D eigenvalue weighted by molar-refractivity contribution is 0.615. The van der Waals surface area contributed by atoms with E-state index in [-0.39, 0.29) is 5.75 Å². The molecule has 2 aromatic carbocycles. The molecule has 6 heteroatoms. The highest BCUT2D eigenvalue weighted by molar-refractivity contribution is 7.84. The van der Waals surface area contributed by atoms with E-state index in [1.165, 1.54) is 24.3 Å². The zero-order chi connectivity index (χ0) is 14.0. The Bertz CT molecular complexity index is 649. The van der Waals surface area contributed by atoms with Gasteiger partial charge >= 0.3 is 0 Å². The Hall–Kier alpha value is -1.10. The van der Waals surface area contributed by atoms with Crippen molar-refractivity contribution in [3.05, 3.63) is 57.8 Å². The second-order valence-corrected chi connectivity index (χ2v) is 6.18. The molecule has 1 atom stereocenters. The lowest BCUT2D eigenvalue weighted by atomic mass is 10.2. The Balaban J connectivity index is 2.28. The summed E-state index contributed by atoms with van der Waals surface area (Å²) < 4.78 is 25.8. The van der Waals surface area contributed by atoms with Gasteiger partial charge < -0.3 is 5.73 Å². The molecule has 0 amide bonds. The van der Waals surface area contributed by atoms with E-state index < -0.39 is 16.6 Å². The number of hydrogen-bond donors (Lipinski definition) is 1. The van der Waals surface area contributed by atoms with E-state index in [0.29, 0.717) is 26.2 Å². The molecule has 19 heavy (non-hydrogen) atoms. The predicted octanol–water partition coefficient (Wildman–Crippen LogP) is 4.02. The van der Waals surface area contributed by atoms with Crippen LogP contribution in [0.5, 0.6) is 0 Å². The van der Waals surface area contributed by atoms with Gasteiger partial charge in [-0.2, -0.15) is 0 Å². The predicted molar refractivity (Wildman–Crippen MR) is 77.4 cm³/mol. The van der Waals surface area contributed by atoms with Crippen molar-refractivity contribution in [3.63, 3.8) is 0 Å². The summed E-state index contributed by atoms with van der Waals surface area (Å²) in [5, 5.41) is 0.706. The van der Waals surface area contributed by atoms with Gasteiger partial charge in [0.05, 0.1) is 26.5 Å². The summed E-state index contributed by atoms with van der Waals surface area (Å²) in [6.07, 6.45) is 0. The normalized spacial score (nSPS) is 12.4. The van der Waals surface area contributed by atoms with Crippen molar-refractivity contribution in [3.8, 4) is 0 Å². The average molecular weight is 318 g/mol. The zero-order valence-corrected chi connectivity index (χ0v) is 12.0. The smallest absolute Gasteiger partial charge is 0.127 e. The van der Waals surface area contributed by atoms with Crippen molar-refractivity contribution >= 4 is 39.7 Å². The second kappa shape index (κ2) is 5.90. The topological polar surface area (TPSA) is 43.1 Å². The Labute approximate surface area is 122 Å². The minimum Gasteiger partial charge on any atom is -0.399 e. The van der Waals surface area contributed by atoms with Crippen molar-refractivity contribution in [2.45, 2.75) is 10.6 Å². The fourth-order valence-electron chi connectivity index (χ4n) is 1.57. The minimum absolute atomic E-state index is 0.00995. The molecule has 2 N–H and O–H groups in total. The molecular weight excluding hydrogens is 308 g/mol. The quantitative estimate of drug-likeness (QED) is 0.869. The monoisotopic (exact) mass is 317 g/mol. The van der Waals surface area contributed by atoms with E-state index in [1.54, 1.807) is 12.1 Å². The van der Waals surface area contributed by atoms with Crippen LogP contribution in [0.25, 0.3) is 0 Å². The molecule has 0 aliphatic carbocycles. The van der Waals surface area contributed by atoms with Gasteiger partial charge in [-0.05, 0) is 36.4 Å². The summed E-state index contributed by atoms with van der Waals surface area (Å²) in [6, 6.07) is 8.85. The fraction of sp³-hybridized carbons (Fsp3) is 0.0769. The highest BCUT2D eigenvalue weighted by Gasteiger charge is 2.12. The van der Waals surface area contributed by atoms with Gasteiger partial charge in [-0.1, -0.05) is 23.2 Å². The van der Waals surface area contributed by atoms with E-state index in [0.717, 1.165) is 0 Å². The van der Waals surface area contributed by atoms with Crippen LogP contribution in [0.3, 0.4) is 0 Å². The van der Waals surface area contributed by atoms with Crippen LogP contribution in [0.1, 0.15) is 5.56 Å². The first-order valence-electron chi connectivity index (χ1n) is 5.34. The van der Waals surface area contributed by atoms with Crippen molar-refractivity contribution in [1.82, 2.24) is 0 Å². The van der Waals surface area contributed by atoms with Crippen LogP contribution < -0.4 is 5.73 Å². The summed E-state index contributed by atoms with van der Waals surface area (Å²) in [5.41, 5.74) is 6.34. The van der Waals surface area contributed by atoms with Gasteiger partial charge in [0.2, 0.25) is 0 Å². The summed E-state index contributed by atoms with van der Waals surface area (Å²) in [4.78, 5) is 0.426. The molecule has 2 nitrogen and oxygen atoms in total. The summed E-state index contributed by atoms with van der Waals surface area (Å²) in [5.74, 6) is -0.430. The molecule has 0 spiro atoms. The Morgan fingerprint density at radius 2 is 1.89 bits per heavy atom. The number of nitrogen functional groups attached to an aromatic ring is 1. The summed E-state index contributed by atoms with van der Waals surface area (Å²) >= 11 is 11.8. The van der Waals surface area contributed by atoms with Crippen molar-refractivity contribution in [1.29, 1.82) is 0 Å². The SMILES string of the molecule is Nc1ccc(S(=O)Cc2cc(Cl)ccc2F)c(Cl)c1. The van der Waals surface area contributed by atoms with Crippen LogP contribution in [-0.4, -0.2) is 4.21 Å². The highest BCUT2D eigenvalue weighted by atomic mass is 35.5. The first-order valence-corrected chi connectivity index (χ1v) is 7.42. The van der Waals surface area contributed by atoms with Gasteiger partial charge in [0, 0.05) is 16.3 Å². The first-order chi connectivity index (χ1) is 8.97. The van der Waals surface area contributed by atoms with Crippen molar-refractivity contribution < 1.29 is 8.60 Å². The molecule has 0 bridgehead atoms. The van der Waals surface area contributed by atoms with E-state index in [2.05, 4.69) is 0 Å². The maximum absolute atomic E-state index is 13.6. The molecule has 0 radical (unpaired) electrons. The first kappa shape index (κ1) is 14.3. The van der Waals surface area contributed by atoms with Gasteiger partial charge in [0.1, 0.15) is 5.82 Å². The standard InChI is InChI=1S/C13H10Cl2FNOS/c14-9-1-3-12(16)8(5-9)7-19(18)13-4-2-10(17)6-11(13)15/h1-6H,7,17H2. The maximum Gasteiger partial charge on any atom is 0.127 e. The average Bonchev–Trinajstić information content (AvgIpc) is 2.33. The number of nitrogens with two attached hydrogens (primary N) is 1. The van der Waals surface area contributed by atoms with Gasteiger partial charge in [0.25, 0.3) is 0 Å². The van der Waals surface area contributed by atoms with Crippen molar-refractivity contribution in [2.75, 3.05) is 5.73 Å². The molecule has 100 valence electrons. The third-order valence-electron chi connectivity index (χ3n) is 2.50. The molecule has 0 aliphatic rings. The van der Waals surface area contributed by atoms with Crippen LogP contribution in [0.2, 0.25) is 10.0 Å². The number of rotatable bonds is 3. The van der Waals surface area contributed by atoms with Gasteiger partial charge in [-0.15, -0.1) is 0 Å². The molecular formula is C13H10Cl2FNOS. The number of anilines is 1. The van der Waals surface area contributed by atoms with E-state index >= 15 is 0 Å². The molecule has 0 fully saturated rings. The van der Waals surface area contributed by atoms with Gasteiger partial charge in [-0.25, -0.2) is 4.39 Å². The summed E-state index contributed by atoms with van der Waals surface area (Å²) in [6.45, 7) is 0.